The summed E-state index contributed by atoms with van der Waals surface area (Å²) in [5, 5.41) is 0. The number of hydrogen-bond donors (Lipinski definition) is 1. The first-order valence-electron chi connectivity index (χ1n) is 7.82. The number of carbonyl (C=O) groups excluding carboxylic acids is 1. The Hall–Kier alpha value is -1.55. The highest BCUT2D eigenvalue weighted by Gasteiger charge is 2.17. The predicted molar refractivity (Wildman–Crippen MR) is 84.5 cm³/mol. The summed E-state index contributed by atoms with van der Waals surface area (Å²) in [6.07, 6.45) is 4.19. The van der Waals surface area contributed by atoms with Gasteiger partial charge in [0, 0.05) is 19.1 Å². The third-order valence-electron chi connectivity index (χ3n) is 3.82. The molecule has 1 saturated heterocycles. The van der Waals surface area contributed by atoms with E-state index in [1.54, 1.807) is 0 Å². The van der Waals surface area contributed by atoms with Gasteiger partial charge in [-0.2, -0.15) is 0 Å². The van der Waals surface area contributed by atoms with Crippen LogP contribution in [0.1, 0.15) is 37.3 Å². The van der Waals surface area contributed by atoms with Crippen LogP contribution in [0.4, 0.5) is 0 Å². The minimum atomic E-state index is 0.0759. The number of carbonyl (C=O) groups is 1. The van der Waals surface area contributed by atoms with Crippen LogP contribution in [0, 0.1) is 6.92 Å². The lowest BCUT2D eigenvalue weighted by molar-refractivity contribution is -0.134. The summed E-state index contributed by atoms with van der Waals surface area (Å²) < 4.78 is 5.76. The van der Waals surface area contributed by atoms with Gasteiger partial charge in [-0.15, -0.1) is 0 Å². The second-order valence-electron chi connectivity index (χ2n) is 6.02. The number of amides is 1. The Bertz CT molecular complexity index is 480. The van der Waals surface area contributed by atoms with E-state index in [4.69, 9.17) is 10.5 Å². The topological polar surface area (TPSA) is 55.6 Å². The molecule has 1 aromatic rings. The van der Waals surface area contributed by atoms with Crippen molar-refractivity contribution in [3.8, 4) is 5.75 Å². The van der Waals surface area contributed by atoms with Gasteiger partial charge in [-0.3, -0.25) is 4.79 Å². The van der Waals surface area contributed by atoms with E-state index < -0.39 is 0 Å². The molecule has 0 bridgehead atoms. The fraction of sp³-hybridized carbons (Fsp3) is 0.588. The zero-order valence-electron chi connectivity index (χ0n) is 13.1. The molecule has 21 heavy (non-hydrogen) atoms. The number of nitrogens with two attached hydrogens (primary N) is 1. The fourth-order valence-electron chi connectivity index (χ4n) is 2.73. The van der Waals surface area contributed by atoms with Crippen LogP contribution in [0.25, 0.3) is 0 Å². The molecule has 1 atom stereocenters. The first kappa shape index (κ1) is 15.8. The zero-order valence-corrected chi connectivity index (χ0v) is 13.1. The van der Waals surface area contributed by atoms with Gasteiger partial charge in [0.25, 0.3) is 5.91 Å². The van der Waals surface area contributed by atoms with Crippen molar-refractivity contribution in [3.05, 3.63) is 29.3 Å². The van der Waals surface area contributed by atoms with E-state index in [1.807, 2.05) is 30.9 Å². The molecule has 116 valence electrons. The molecule has 2 N–H and O–H groups in total. The van der Waals surface area contributed by atoms with Gasteiger partial charge >= 0.3 is 0 Å². The number of piperidine rings is 1. The van der Waals surface area contributed by atoms with Gasteiger partial charge in [0.1, 0.15) is 5.75 Å². The Labute approximate surface area is 127 Å². The largest absolute Gasteiger partial charge is 0.483 e. The van der Waals surface area contributed by atoms with Crippen molar-refractivity contribution >= 4 is 5.91 Å². The molecule has 0 aromatic heterocycles. The summed E-state index contributed by atoms with van der Waals surface area (Å²) in [6, 6.07) is 6.11. The van der Waals surface area contributed by atoms with E-state index in [2.05, 4.69) is 6.07 Å². The molecular weight excluding hydrogens is 264 g/mol. The lowest BCUT2D eigenvalue weighted by Gasteiger charge is -2.26. The molecule has 4 heteroatoms. The van der Waals surface area contributed by atoms with Crippen molar-refractivity contribution in [1.82, 2.24) is 4.90 Å². The third kappa shape index (κ3) is 4.74. The van der Waals surface area contributed by atoms with E-state index in [0.717, 1.165) is 43.7 Å². The number of rotatable bonds is 5. The maximum atomic E-state index is 12.1. The average Bonchev–Trinajstić information content (AvgIpc) is 2.46. The van der Waals surface area contributed by atoms with Crippen LogP contribution in [0.15, 0.2) is 18.2 Å². The Balaban J connectivity index is 1.97. The highest BCUT2D eigenvalue weighted by molar-refractivity contribution is 5.77. The Morgan fingerprint density at radius 1 is 1.33 bits per heavy atom. The summed E-state index contributed by atoms with van der Waals surface area (Å²) in [6.45, 7) is 5.87. The zero-order chi connectivity index (χ0) is 15.2. The maximum Gasteiger partial charge on any atom is 0.260 e. The molecule has 1 heterocycles. The van der Waals surface area contributed by atoms with Crippen molar-refractivity contribution in [2.24, 2.45) is 5.73 Å². The maximum absolute atomic E-state index is 12.1. The van der Waals surface area contributed by atoms with E-state index in [0.29, 0.717) is 0 Å². The van der Waals surface area contributed by atoms with E-state index in [-0.39, 0.29) is 18.6 Å². The van der Waals surface area contributed by atoms with Gasteiger partial charge in [-0.05, 0) is 51.2 Å². The smallest absolute Gasteiger partial charge is 0.260 e. The van der Waals surface area contributed by atoms with E-state index in [9.17, 15) is 4.79 Å². The number of hydrogen-bond acceptors (Lipinski definition) is 3. The first-order chi connectivity index (χ1) is 10.1. The number of likely N-dealkylation sites (tertiary alicyclic amines) is 1. The molecule has 1 aliphatic rings. The molecule has 1 aromatic carbocycles. The van der Waals surface area contributed by atoms with Crippen molar-refractivity contribution in [1.29, 1.82) is 0 Å². The summed E-state index contributed by atoms with van der Waals surface area (Å²) in [7, 11) is 0. The lowest BCUT2D eigenvalue weighted by atomic mass is 10.0. The molecule has 0 spiro atoms. The van der Waals surface area contributed by atoms with Gasteiger partial charge in [0.2, 0.25) is 0 Å². The summed E-state index contributed by atoms with van der Waals surface area (Å²) >= 11 is 0. The summed E-state index contributed by atoms with van der Waals surface area (Å²) in [5.41, 5.74) is 8.15. The van der Waals surface area contributed by atoms with Gasteiger partial charge in [-0.1, -0.05) is 17.7 Å². The van der Waals surface area contributed by atoms with Crippen LogP contribution in [0.5, 0.6) is 5.75 Å². The number of aryl methyl sites for hydroxylation is 1. The Morgan fingerprint density at radius 2 is 2.05 bits per heavy atom. The molecule has 0 radical (unpaired) electrons. The molecule has 1 unspecified atom stereocenters. The van der Waals surface area contributed by atoms with Crippen LogP contribution in [0.2, 0.25) is 0 Å². The van der Waals surface area contributed by atoms with E-state index in [1.165, 1.54) is 12.0 Å². The quantitative estimate of drug-likeness (QED) is 0.905. The number of ether oxygens (including phenoxy) is 1. The van der Waals surface area contributed by atoms with Crippen LogP contribution in [0.3, 0.4) is 0 Å². The molecule has 0 aliphatic carbocycles. The molecule has 1 aliphatic heterocycles. The van der Waals surface area contributed by atoms with Crippen LogP contribution < -0.4 is 10.5 Å². The summed E-state index contributed by atoms with van der Waals surface area (Å²) in [5.74, 6) is 0.866. The lowest BCUT2D eigenvalue weighted by Crippen LogP contribution is -2.38. The van der Waals surface area contributed by atoms with Crippen molar-refractivity contribution in [2.45, 2.75) is 45.6 Å². The Morgan fingerprint density at radius 3 is 2.71 bits per heavy atom. The molecule has 0 saturated carbocycles. The van der Waals surface area contributed by atoms with Gasteiger partial charge < -0.3 is 15.4 Å². The normalized spacial score (nSPS) is 16.6. The SMILES string of the molecule is Cc1ccc(OCC(=O)N2CCCCC2)c(CC(C)N)c1. The highest BCUT2D eigenvalue weighted by atomic mass is 16.5. The van der Waals surface area contributed by atoms with Gasteiger partial charge in [0.15, 0.2) is 6.61 Å². The highest BCUT2D eigenvalue weighted by Crippen LogP contribution is 2.21. The molecule has 1 fully saturated rings. The fourth-order valence-corrected chi connectivity index (χ4v) is 2.73. The Kier molecular flexibility index (Phi) is 5.62. The number of nitrogens with zero attached hydrogens (tertiary/aromatic N) is 1. The second kappa shape index (κ2) is 7.46. The second-order valence-corrected chi connectivity index (χ2v) is 6.02. The molecule has 4 nitrogen and oxygen atoms in total. The minimum Gasteiger partial charge on any atom is -0.483 e. The van der Waals surface area contributed by atoms with Crippen molar-refractivity contribution in [2.75, 3.05) is 19.7 Å². The predicted octanol–water partition coefficient (Wildman–Crippen LogP) is 2.28. The third-order valence-corrected chi connectivity index (χ3v) is 3.82. The van der Waals surface area contributed by atoms with E-state index >= 15 is 0 Å². The molecule has 2 rings (SSSR count). The van der Waals surface area contributed by atoms with Crippen LogP contribution in [-0.2, 0) is 11.2 Å². The molecule has 1 amide bonds. The van der Waals surface area contributed by atoms with Crippen molar-refractivity contribution < 1.29 is 9.53 Å². The standard InChI is InChI=1S/C17H26N2O2/c1-13-6-7-16(15(10-13)11-14(2)18)21-12-17(20)19-8-4-3-5-9-19/h6-7,10,14H,3-5,8-9,11-12,18H2,1-2H3. The molecular formula is C17H26N2O2. The van der Waals surface area contributed by atoms with Crippen molar-refractivity contribution in [3.63, 3.8) is 0 Å². The summed E-state index contributed by atoms with van der Waals surface area (Å²) in [4.78, 5) is 14.1. The minimum absolute atomic E-state index is 0.0759. The van der Waals surface area contributed by atoms with Gasteiger partial charge in [-0.25, -0.2) is 0 Å². The first-order valence-corrected chi connectivity index (χ1v) is 7.82. The van der Waals surface area contributed by atoms with Crippen LogP contribution >= 0.6 is 0 Å². The number of benzene rings is 1. The van der Waals surface area contributed by atoms with Gasteiger partial charge in [0.05, 0.1) is 0 Å². The monoisotopic (exact) mass is 290 g/mol. The van der Waals surface area contributed by atoms with Crippen LogP contribution in [-0.4, -0.2) is 36.5 Å². The average molecular weight is 290 g/mol.